The van der Waals surface area contributed by atoms with Crippen LogP contribution in [0.4, 0.5) is 0 Å². The molecule has 0 bridgehead atoms. The van der Waals surface area contributed by atoms with Crippen LogP contribution in [-0.4, -0.2) is 25.3 Å². The molecule has 0 radical (unpaired) electrons. The molecule has 0 heterocycles. The van der Waals surface area contributed by atoms with Gasteiger partial charge in [-0.25, -0.2) is 0 Å². The smallest absolute Gasteiger partial charge is 0.0807 e. The van der Waals surface area contributed by atoms with Crippen molar-refractivity contribution >= 4 is 0 Å². The van der Waals surface area contributed by atoms with Crippen LogP contribution in [-0.2, 0) is 11.2 Å². The summed E-state index contributed by atoms with van der Waals surface area (Å²) in [6, 6.07) is 8.92. The molecule has 1 aromatic carbocycles. The lowest BCUT2D eigenvalue weighted by Gasteiger charge is -2.37. The van der Waals surface area contributed by atoms with E-state index in [1.807, 2.05) is 7.05 Å². The monoisotopic (exact) mass is 249 g/mol. The molecule has 0 saturated carbocycles. The van der Waals surface area contributed by atoms with Gasteiger partial charge in [0.2, 0.25) is 0 Å². The minimum absolute atomic E-state index is 0.105. The molecule has 2 atom stereocenters. The highest BCUT2D eigenvalue weighted by atomic mass is 16.5. The zero-order valence-electron chi connectivity index (χ0n) is 12.4. The standard InChI is InChI=1S/C16H27NO/c1-6-16(4,18-7-2)15(17-5)12-14-11-9-8-10-13(14)3/h8-11,15,17H,6-7,12H2,1-5H3. The van der Waals surface area contributed by atoms with Gasteiger partial charge in [-0.1, -0.05) is 31.2 Å². The van der Waals surface area contributed by atoms with Crippen LogP contribution in [0, 0.1) is 6.92 Å². The number of nitrogens with one attached hydrogen (secondary N) is 1. The number of hydrogen-bond acceptors (Lipinski definition) is 2. The van der Waals surface area contributed by atoms with Crippen molar-refractivity contribution in [2.24, 2.45) is 0 Å². The van der Waals surface area contributed by atoms with Crippen LogP contribution in [0.2, 0.25) is 0 Å². The topological polar surface area (TPSA) is 21.3 Å². The maximum atomic E-state index is 5.98. The number of likely N-dealkylation sites (N-methyl/N-ethyl adjacent to an activating group) is 1. The zero-order valence-corrected chi connectivity index (χ0v) is 12.4. The van der Waals surface area contributed by atoms with Gasteiger partial charge < -0.3 is 10.1 Å². The number of benzene rings is 1. The third kappa shape index (κ3) is 3.56. The largest absolute Gasteiger partial charge is 0.374 e. The van der Waals surface area contributed by atoms with Gasteiger partial charge in [0.1, 0.15) is 0 Å². The van der Waals surface area contributed by atoms with Gasteiger partial charge in [-0.05, 0) is 51.8 Å². The third-order valence-electron chi connectivity index (χ3n) is 3.95. The lowest BCUT2D eigenvalue weighted by atomic mass is 9.87. The summed E-state index contributed by atoms with van der Waals surface area (Å²) in [6.07, 6.45) is 2.02. The lowest BCUT2D eigenvalue weighted by Crippen LogP contribution is -2.50. The summed E-state index contributed by atoms with van der Waals surface area (Å²) >= 11 is 0. The van der Waals surface area contributed by atoms with Gasteiger partial charge in [-0.15, -0.1) is 0 Å². The molecular formula is C16H27NO. The third-order valence-corrected chi connectivity index (χ3v) is 3.95. The Labute approximate surface area is 112 Å². The quantitative estimate of drug-likeness (QED) is 0.800. The van der Waals surface area contributed by atoms with E-state index < -0.39 is 0 Å². The number of aryl methyl sites for hydroxylation is 1. The van der Waals surface area contributed by atoms with Crippen molar-refractivity contribution in [2.45, 2.75) is 52.2 Å². The Morgan fingerprint density at radius 1 is 1.28 bits per heavy atom. The van der Waals surface area contributed by atoms with Crippen LogP contribution in [0.1, 0.15) is 38.3 Å². The Morgan fingerprint density at radius 2 is 1.94 bits per heavy atom. The van der Waals surface area contributed by atoms with Crippen molar-refractivity contribution in [3.05, 3.63) is 35.4 Å². The molecule has 0 aliphatic rings. The zero-order chi connectivity index (χ0) is 13.6. The fourth-order valence-electron chi connectivity index (χ4n) is 2.46. The van der Waals surface area contributed by atoms with E-state index in [1.54, 1.807) is 0 Å². The highest BCUT2D eigenvalue weighted by Gasteiger charge is 2.32. The van der Waals surface area contributed by atoms with Crippen molar-refractivity contribution in [1.29, 1.82) is 0 Å². The first-order valence-corrected chi connectivity index (χ1v) is 6.93. The predicted molar refractivity (Wildman–Crippen MR) is 78.1 cm³/mol. The Balaban J connectivity index is 2.87. The van der Waals surface area contributed by atoms with Crippen molar-refractivity contribution in [2.75, 3.05) is 13.7 Å². The summed E-state index contributed by atoms with van der Waals surface area (Å²) in [6.45, 7) is 9.39. The molecule has 1 N–H and O–H groups in total. The summed E-state index contributed by atoms with van der Waals surface area (Å²) in [5.41, 5.74) is 2.65. The van der Waals surface area contributed by atoms with Gasteiger partial charge in [0, 0.05) is 12.6 Å². The van der Waals surface area contributed by atoms with E-state index in [4.69, 9.17) is 4.74 Å². The van der Waals surface area contributed by atoms with Gasteiger partial charge in [0.25, 0.3) is 0 Å². The average Bonchev–Trinajstić information content (AvgIpc) is 2.38. The second kappa shape index (κ2) is 6.91. The molecule has 18 heavy (non-hydrogen) atoms. The first kappa shape index (κ1) is 15.2. The van der Waals surface area contributed by atoms with Gasteiger partial charge in [-0.2, -0.15) is 0 Å². The van der Waals surface area contributed by atoms with Gasteiger partial charge in [0.15, 0.2) is 0 Å². The van der Waals surface area contributed by atoms with Crippen molar-refractivity contribution < 1.29 is 4.74 Å². The number of ether oxygens (including phenoxy) is 1. The van der Waals surface area contributed by atoms with E-state index in [0.29, 0.717) is 6.04 Å². The molecule has 0 saturated heterocycles. The van der Waals surface area contributed by atoms with Gasteiger partial charge in [0.05, 0.1) is 5.60 Å². The van der Waals surface area contributed by atoms with Crippen molar-refractivity contribution in [3.8, 4) is 0 Å². The molecule has 0 aliphatic heterocycles. The van der Waals surface area contributed by atoms with E-state index in [1.165, 1.54) is 11.1 Å². The molecule has 2 nitrogen and oxygen atoms in total. The predicted octanol–water partition coefficient (Wildman–Crippen LogP) is 3.33. The second-order valence-corrected chi connectivity index (χ2v) is 5.07. The molecule has 2 unspecified atom stereocenters. The molecule has 0 aliphatic carbocycles. The molecule has 0 aromatic heterocycles. The van der Waals surface area contributed by atoms with E-state index in [-0.39, 0.29) is 5.60 Å². The van der Waals surface area contributed by atoms with Crippen molar-refractivity contribution in [1.82, 2.24) is 5.32 Å². The second-order valence-electron chi connectivity index (χ2n) is 5.07. The number of hydrogen-bond donors (Lipinski definition) is 1. The van der Waals surface area contributed by atoms with Crippen molar-refractivity contribution in [3.63, 3.8) is 0 Å². The molecule has 0 amide bonds. The molecule has 2 heteroatoms. The van der Waals surface area contributed by atoms with Crippen LogP contribution < -0.4 is 5.32 Å². The maximum Gasteiger partial charge on any atom is 0.0807 e. The summed E-state index contributed by atoms with van der Waals surface area (Å²) < 4.78 is 5.98. The molecule has 1 rings (SSSR count). The van der Waals surface area contributed by atoms with Crippen LogP contribution in [0.3, 0.4) is 0 Å². The van der Waals surface area contributed by atoms with E-state index >= 15 is 0 Å². The van der Waals surface area contributed by atoms with Crippen LogP contribution >= 0.6 is 0 Å². The summed E-state index contributed by atoms with van der Waals surface area (Å²) in [7, 11) is 2.02. The summed E-state index contributed by atoms with van der Waals surface area (Å²) in [4.78, 5) is 0. The molecular weight excluding hydrogens is 222 g/mol. The lowest BCUT2D eigenvalue weighted by molar-refractivity contribution is -0.0534. The molecule has 1 aromatic rings. The number of rotatable bonds is 7. The van der Waals surface area contributed by atoms with Crippen LogP contribution in [0.5, 0.6) is 0 Å². The van der Waals surface area contributed by atoms with E-state index in [9.17, 15) is 0 Å². The highest BCUT2D eigenvalue weighted by Crippen LogP contribution is 2.24. The Kier molecular flexibility index (Phi) is 5.83. The average molecular weight is 249 g/mol. The van der Waals surface area contributed by atoms with Crippen LogP contribution in [0.25, 0.3) is 0 Å². The minimum Gasteiger partial charge on any atom is -0.374 e. The highest BCUT2D eigenvalue weighted by molar-refractivity contribution is 5.27. The fourth-order valence-corrected chi connectivity index (χ4v) is 2.46. The van der Waals surface area contributed by atoms with E-state index in [2.05, 4.69) is 57.3 Å². The van der Waals surface area contributed by atoms with Gasteiger partial charge in [-0.3, -0.25) is 0 Å². The molecule has 102 valence electrons. The van der Waals surface area contributed by atoms with Gasteiger partial charge >= 0.3 is 0 Å². The summed E-state index contributed by atoms with van der Waals surface area (Å²) in [5, 5.41) is 3.43. The minimum atomic E-state index is -0.105. The van der Waals surface area contributed by atoms with Crippen LogP contribution in [0.15, 0.2) is 24.3 Å². The Hall–Kier alpha value is -0.860. The first-order chi connectivity index (χ1) is 8.57. The Morgan fingerprint density at radius 3 is 2.44 bits per heavy atom. The molecule has 0 spiro atoms. The maximum absolute atomic E-state index is 5.98. The Bertz CT molecular complexity index is 364. The fraction of sp³-hybridized carbons (Fsp3) is 0.625. The molecule has 0 fully saturated rings. The van der Waals surface area contributed by atoms with E-state index in [0.717, 1.165) is 19.4 Å². The normalized spacial score (nSPS) is 16.3. The first-order valence-electron chi connectivity index (χ1n) is 6.93. The SMILES string of the molecule is CCOC(C)(CC)C(Cc1ccccc1C)NC. The summed E-state index contributed by atoms with van der Waals surface area (Å²) in [5.74, 6) is 0.